The summed E-state index contributed by atoms with van der Waals surface area (Å²) in [5, 5.41) is 4.68. The van der Waals surface area contributed by atoms with E-state index in [0.29, 0.717) is 4.47 Å². The average molecular weight is 486 g/mol. The van der Waals surface area contributed by atoms with Gasteiger partial charge in [0.15, 0.2) is 0 Å². The summed E-state index contributed by atoms with van der Waals surface area (Å²) in [5.41, 5.74) is -0.00920. The minimum Gasteiger partial charge on any atom is -0.442 e. The molecule has 30 heavy (non-hydrogen) atoms. The Bertz CT molecular complexity index is 1040. The smallest absolute Gasteiger partial charge is 0.414 e. The van der Waals surface area contributed by atoms with Gasteiger partial charge in [0.1, 0.15) is 11.9 Å². The molecule has 2 aromatic rings. The summed E-state index contributed by atoms with van der Waals surface area (Å²) in [6, 6.07) is 9.91. The highest BCUT2D eigenvalue weighted by molar-refractivity contribution is 9.10. The highest BCUT2D eigenvalue weighted by atomic mass is 79.9. The maximum atomic E-state index is 14.6. The van der Waals surface area contributed by atoms with Gasteiger partial charge in [0.2, 0.25) is 5.43 Å². The van der Waals surface area contributed by atoms with Gasteiger partial charge in [0.05, 0.1) is 30.2 Å². The second-order valence-electron chi connectivity index (χ2n) is 6.28. The van der Waals surface area contributed by atoms with Crippen LogP contribution in [0.2, 0.25) is 0 Å². The quantitative estimate of drug-likeness (QED) is 0.654. The zero-order valence-electron chi connectivity index (χ0n) is 15.2. The Balaban J connectivity index is 1.72. The highest BCUT2D eigenvalue weighted by Crippen LogP contribution is 2.27. The first kappa shape index (κ1) is 21.6. The van der Waals surface area contributed by atoms with E-state index >= 15 is 0 Å². The SMILES string of the molecule is O=C(NC[C@H]1CN(c2ccc(Nc3cc(Br)cccc3=O)c(F)c2)C(=O)O1)C(F)F. The third-order valence-corrected chi connectivity index (χ3v) is 4.65. The van der Waals surface area contributed by atoms with Crippen LogP contribution in [-0.2, 0) is 9.53 Å². The zero-order valence-corrected chi connectivity index (χ0v) is 16.8. The first-order chi connectivity index (χ1) is 14.2. The van der Waals surface area contributed by atoms with Crippen molar-refractivity contribution in [1.82, 2.24) is 5.32 Å². The van der Waals surface area contributed by atoms with Gasteiger partial charge in [-0.05, 0) is 36.4 Å². The second-order valence-corrected chi connectivity index (χ2v) is 7.20. The van der Waals surface area contributed by atoms with Gasteiger partial charge < -0.3 is 15.4 Å². The van der Waals surface area contributed by atoms with Gasteiger partial charge in [0, 0.05) is 4.47 Å². The summed E-state index contributed by atoms with van der Waals surface area (Å²) in [6.07, 6.45) is -4.83. The number of amides is 2. The van der Waals surface area contributed by atoms with Crippen LogP contribution >= 0.6 is 15.9 Å². The van der Waals surface area contributed by atoms with Crippen LogP contribution in [0, 0.1) is 5.82 Å². The topological polar surface area (TPSA) is 87.7 Å². The molecule has 1 saturated heterocycles. The summed E-state index contributed by atoms with van der Waals surface area (Å²) in [5.74, 6) is -2.19. The standard InChI is InChI=1S/C19H15BrF3N3O4/c20-10-2-1-3-16(27)15(6-10)25-14-5-4-11(7-13(14)21)26-9-12(30-19(26)29)8-24-18(28)17(22)23/h1-7,12,17H,8-9H2,(H,24,28)(H,25,27)/t12-/m0/s1. The maximum absolute atomic E-state index is 14.6. The van der Waals surface area contributed by atoms with Gasteiger partial charge in [-0.1, -0.05) is 22.0 Å². The fraction of sp³-hybridized carbons (Fsp3) is 0.211. The van der Waals surface area contributed by atoms with Crippen LogP contribution in [0.1, 0.15) is 0 Å². The van der Waals surface area contributed by atoms with Gasteiger partial charge in [0.25, 0.3) is 5.91 Å². The van der Waals surface area contributed by atoms with Gasteiger partial charge >= 0.3 is 12.5 Å². The van der Waals surface area contributed by atoms with Crippen LogP contribution < -0.4 is 21.0 Å². The average Bonchev–Trinajstić information content (AvgIpc) is 2.98. The van der Waals surface area contributed by atoms with Crippen LogP contribution in [-0.4, -0.2) is 37.6 Å². The van der Waals surface area contributed by atoms with Gasteiger partial charge in [-0.25, -0.2) is 9.18 Å². The normalized spacial score (nSPS) is 15.8. The molecule has 11 heteroatoms. The molecule has 1 aliphatic rings. The number of benzene rings is 1. The van der Waals surface area contributed by atoms with Crippen molar-refractivity contribution in [2.75, 3.05) is 23.3 Å². The Morgan fingerprint density at radius 1 is 1.20 bits per heavy atom. The fourth-order valence-electron chi connectivity index (χ4n) is 2.72. The minimum absolute atomic E-state index is 0.0160. The van der Waals surface area contributed by atoms with Gasteiger partial charge in [-0.15, -0.1) is 0 Å². The lowest BCUT2D eigenvalue weighted by Gasteiger charge is -2.15. The number of nitrogens with one attached hydrogen (secondary N) is 2. The number of hydrogen-bond donors (Lipinski definition) is 2. The molecule has 0 aliphatic carbocycles. The van der Waals surface area contributed by atoms with Crippen molar-refractivity contribution in [1.29, 1.82) is 0 Å². The Hall–Kier alpha value is -3.08. The van der Waals surface area contributed by atoms with Crippen LogP contribution in [0.25, 0.3) is 0 Å². The second kappa shape index (κ2) is 9.16. The number of carbonyl (C=O) groups is 2. The lowest BCUT2D eigenvalue weighted by molar-refractivity contribution is -0.132. The maximum Gasteiger partial charge on any atom is 0.414 e. The number of nitrogens with zero attached hydrogens (tertiary/aromatic N) is 1. The van der Waals surface area contributed by atoms with E-state index in [-0.39, 0.29) is 35.6 Å². The number of hydrogen-bond acceptors (Lipinski definition) is 5. The molecule has 158 valence electrons. The van der Waals surface area contributed by atoms with Crippen molar-refractivity contribution in [3.8, 4) is 0 Å². The summed E-state index contributed by atoms with van der Waals surface area (Å²) in [7, 11) is 0. The summed E-state index contributed by atoms with van der Waals surface area (Å²) < 4.78 is 44.7. The molecular weight excluding hydrogens is 471 g/mol. The molecule has 0 saturated carbocycles. The van der Waals surface area contributed by atoms with Crippen molar-refractivity contribution in [2.45, 2.75) is 12.5 Å². The van der Waals surface area contributed by atoms with Crippen molar-refractivity contribution in [3.63, 3.8) is 0 Å². The summed E-state index contributed by atoms with van der Waals surface area (Å²) >= 11 is 3.26. The lowest BCUT2D eigenvalue weighted by atomic mass is 10.2. The highest BCUT2D eigenvalue weighted by Gasteiger charge is 2.33. The fourth-order valence-corrected chi connectivity index (χ4v) is 3.10. The number of cyclic esters (lactones) is 1. The number of carbonyl (C=O) groups excluding carboxylic acids is 2. The summed E-state index contributed by atoms with van der Waals surface area (Å²) in [4.78, 5) is 36.1. The molecule has 1 atom stereocenters. The van der Waals surface area contributed by atoms with E-state index in [4.69, 9.17) is 4.74 Å². The minimum atomic E-state index is -3.17. The molecule has 2 aromatic carbocycles. The molecule has 0 bridgehead atoms. The number of alkyl halides is 2. The van der Waals surface area contributed by atoms with E-state index in [1.807, 2.05) is 5.32 Å². The molecule has 1 fully saturated rings. The molecule has 0 radical (unpaired) electrons. The number of halogens is 4. The molecule has 2 amide bonds. The van der Waals surface area contributed by atoms with E-state index in [2.05, 4.69) is 21.2 Å². The molecule has 0 aromatic heterocycles. The molecular formula is C19H15BrF3N3O4. The Kier molecular flexibility index (Phi) is 6.60. The molecule has 7 nitrogen and oxygen atoms in total. The first-order valence-corrected chi connectivity index (χ1v) is 9.44. The number of rotatable bonds is 6. The van der Waals surface area contributed by atoms with Crippen molar-refractivity contribution in [2.24, 2.45) is 0 Å². The van der Waals surface area contributed by atoms with E-state index < -0.39 is 30.3 Å². The predicted octanol–water partition coefficient (Wildman–Crippen LogP) is 3.40. The molecule has 1 aliphatic heterocycles. The van der Waals surface area contributed by atoms with Crippen LogP contribution in [0.15, 0.2) is 51.7 Å². The van der Waals surface area contributed by atoms with Crippen molar-refractivity contribution >= 4 is 45.0 Å². The van der Waals surface area contributed by atoms with E-state index in [1.165, 1.54) is 24.3 Å². The van der Waals surface area contributed by atoms with E-state index in [0.717, 1.165) is 11.0 Å². The number of ether oxygens (including phenoxy) is 1. The Morgan fingerprint density at radius 3 is 2.67 bits per heavy atom. The van der Waals surface area contributed by atoms with E-state index in [9.17, 15) is 27.6 Å². The molecule has 1 heterocycles. The Labute approximate surface area is 177 Å². The molecule has 3 rings (SSSR count). The van der Waals surface area contributed by atoms with Gasteiger partial charge in [-0.2, -0.15) is 8.78 Å². The molecule has 0 unspecified atom stereocenters. The third-order valence-electron chi connectivity index (χ3n) is 4.16. The Morgan fingerprint density at radius 2 is 1.97 bits per heavy atom. The summed E-state index contributed by atoms with van der Waals surface area (Å²) in [6.45, 7) is -0.347. The van der Waals surface area contributed by atoms with Crippen LogP contribution in [0.3, 0.4) is 0 Å². The van der Waals surface area contributed by atoms with Crippen molar-refractivity contribution < 1.29 is 27.5 Å². The number of anilines is 3. The molecule has 2 N–H and O–H groups in total. The van der Waals surface area contributed by atoms with Gasteiger partial charge in [-0.3, -0.25) is 14.5 Å². The van der Waals surface area contributed by atoms with Crippen molar-refractivity contribution in [3.05, 3.63) is 63.0 Å². The largest absolute Gasteiger partial charge is 0.442 e. The first-order valence-electron chi connectivity index (χ1n) is 8.65. The molecule has 0 spiro atoms. The van der Waals surface area contributed by atoms with Crippen LogP contribution in [0.4, 0.5) is 35.0 Å². The lowest BCUT2D eigenvalue weighted by Crippen LogP contribution is -2.37. The van der Waals surface area contributed by atoms with E-state index in [1.54, 1.807) is 12.1 Å². The third kappa shape index (κ3) is 5.09. The monoisotopic (exact) mass is 485 g/mol. The zero-order chi connectivity index (χ0) is 21.8. The predicted molar refractivity (Wildman–Crippen MR) is 107 cm³/mol. The van der Waals surface area contributed by atoms with Crippen LogP contribution in [0.5, 0.6) is 0 Å².